The molecule has 130 valence electrons. The molecule has 2 aromatic carbocycles. The first-order valence-corrected chi connectivity index (χ1v) is 8.17. The molecule has 1 heterocycles. The van der Waals surface area contributed by atoms with E-state index < -0.39 is 0 Å². The van der Waals surface area contributed by atoms with E-state index in [-0.39, 0.29) is 6.54 Å². The van der Waals surface area contributed by atoms with E-state index in [4.69, 9.17) is 15.0 Å². The van der Waals surface area contributed by atoms with Gasteiger partial charge < -0.3 is 15.0 Å². The van der Waals surface area contributed by atoms with Gasteiger partial charge in [0.05, 0.1) is 20.2 Å². The highest BCUT2D eigenvalue weighted by molar-refractivity contribution is 5.27. The lowest BCUT2D eigenvalue weighted by atomic mass is 10.1. The molecule has 6 heteroatoms. The maximum Gasteiger partial charge on any atom is 0.240 e. The van der Waals surface area contributed by atoms with E-state index in [9.17, 15) is 0 Å². The summed E-state index contributed by atoms with van der Waals surface area (Å²) in [5, 5.41) is 4.01. The smallest absolute Gasteiger partial charge is 0.240 e. The molecule has 2 N–H and O–H groups in total. The van der Waals surface area contributed by atoms with Crippen molar-refractivity contribution in [3.63, 3.8) is 0 Å². The highest BCUT2D eigenvalue weighted by atomic mass is 16.5. The second-order valence-electron chi connectivity index (χ2n) is 5.79. The fourth-order valence-corrected chi connectivity index (χ4v) is 2.64. The van der Waals surface area contributed by atoms with E-state index in [1.54, 1.807) is 7.11 Å². The summed E-state index contributed by atoms with van der Waals surface area (Å²) in [6.07, 6.45) is 0. The van der Waals surface area contributed by atoms with Crippen LogP contribution in [0, 0.1) is 0 Å². The topological polar surface area (TPSA) is 77.4 Å². The van der Waals surface area contributed by atoms with Crippen molar-refractivity contribution in [2.24, 2.45) is 5.73 Å². The molecule has 0 radical (unpaired) electrons. The van der Waals surface area contributed by atoms with Gasteiger partial charge in [-0.3, -0.25) is 4.90 Å². The Labute approximate surface area is 147 Å². The lowest BCUT2D eigenvalue weighted by Gasteiger charge is -2.21. The summed E-state index contributed by atoms with van der Waals surface area (Å²) in [7, 11) is 1.67. The van der Waals surface area contributed by atoms with Crippen LogP contribution in [-0.4, -0.2) is 22.2 Å². The fraction of sp³-hybridized carbons (Fsp3) is 0.263. The second-order valence-corrected chi connectivity index (χ2v) is 5.79. The Kier molecular flexibility index (Phi) is 5.77. The zero-order valence-corrected chi connectivity index (χ0v) is 14.3. The van der Waals surface area contributed by atoms with Crippen LogP contribution in [0.15, 0.2) is 59.1 Å². The number of rotatable bonds is 8. The Morgan fingerprint density at radius 2 is 1.64 bits per heavy atom. The van der Waals surface area contributed by atoms with Crippen molar-refractivity contribution in [1.82, 2.24) is 15.0 Å². The second kappa shape index (κ2) is 8.41. The van der Waals surface area contributed by atoms with Crippen LogP contribution in [0.4, 0.5) is 0 Å². The van der Waals surface area contributed by atoms with Crippen LogP contribution in [0.2, 0.25) is 0 Å². The van der Waals surface area contributed by atoms with Crippen molar-refractivity contribution in [2.45, 2.75) is 26.2 Å². The molecule has 25 heavy (non-hydrogen) atoms. The minimum Gasteiger partial charge on any atom is -0.497 e. The maximum atomic E-state index is 5.55. The number of hydrogen-bond donors (Lipinski definition) is 1. The van der Waals surface area contributed by atoms with E-state index in [2.05, 4.69) is 39.3 Å². The molecule has 1 aromatic heterocycles. The maximum absolute atomic E-state index is 5.55. The number of hydrogen-bond acceptors (Lipinski definition) is 6. The molecule has 0 bridgehead atoms. The largest absolute Gasteiger partial charge is 0.497 e. The number of nitrogens with zero attached hydrogens (tertiary/aromatic N) is 3. The summed E-state index contributed by atoms with van der Waals surface area (Å²) in [4.78, 5) is 6.58. The third-order valence-electron chi connectivity index (χ3n) is 3.86. The molecule has 0 aliphatic carbocycles. The van der Waals surface area contributed by atoms with Crippen LogP contribution in [0.25, 0.3) is 0 Å². The van der Waals surface area contributed by atoms with Gasteiger partial charge in [0.15, 0.2) is 5.82 Å². The molecule has 0 atom stereocenters. The highest BCUT2D eigenvalue weighted by Crippen LogP contribution is 2.16. The highest BCUT2D eigenvalue weighted by Gasteiger charge is 2.13. The Bertz CT molecular complexity index is 772. The minimum atomic E-state index is 0.254. The van der Waals surface area contributed by atoms with Crippen LogP contribution in [0.5, 0.6) is 5.75 Å². The first-order valence-electron chi connectivity index (χ1n) is 8.17. The predicted octanol–water partition coefficient (Wildman–Crippen LogP) is 2.74. The number of methoxy groups -OCH3 is 1. The zero-order chi connectivity index (χ0) is 17.5. The van der Waals surface area contributed by atoms with Crippen molar-refractivity contribution in [1.29, 1.82) is 0 Å². The number of benzene rings is 2. The van der Waals surface area contributed by atoms with Crippen LogP contribution >= 0.6 is 0 Å². The van der Waals surface area contributed by atoms with Crippen molar-refractivity contribution < 1.29 is 9.26 Å². The van der Waals surface area contributed by atoms with E-state index in [0.717, 1.165) is 18.8 Å². The molecule has 6 nitrogen and oxygen atoms in total. The molecule has 3 aromatic rings. The van der Waals surface area contributed by atoms with Gasteiger partial charge >= 0.3 is 0 Å². The van der Waals surface area contributed by atoms with E-state index in [1.807, 2.05) is 30.3 Å². The van der Waals surface area contributed by atoms with Gasteiger partial charge in [0.2, 0.25) is 5.89 Å². The summed E-state index contributed by atoms with van der Waals surface area (Å²) in [5.74, 6) is 1.95. The van der Waals surface area contributed by atoms with Gasteiger partial charge in [-0.1, -0.05) is 47.6 Å². The average Bonchev–Trinajstić information content (AvgIpc) is 3.11. The van der Waals surface area contributed by atoms with Gasteiger partial charge in [-0.2, -0.15) is 4.98 Å². The van der Waals surface area contributed by atoms with Gasteiger partial charge in [-0.15, -0.1) is 0 Å². The first-order chi connectivity index (χ1) is 12.3. The van der Waals surface area contributed by atoms with E-state index >= 15 is 0 Å². The third kappa shape index (κ3) is 4.89. The molecular formula is C19H22N4O2. The molecule has 0 fully saturated rings. The number of nitrogens with two attached hydrogens (primary N) is 1. The summed E-state index contributed by atoms with van der Waals surface area (Å²) in [6.45, 7) is 2.40. The number of ether oxygens (including phenoxy) is 1. The number of aromatic nitrogens is 2. The summed E-state index contributed by atoms with van der Waals surface area (Å²) in [6, 6.07) is 18.4. The third-order valence-corrected chi connectivity index (χ3v) is 3.86. The van der Waals surface area contributed by atoms with Crippen molar-refractivity contribution >= 4 is 0 Å². The molecular weight excluding hydrogens is 316 g/mol. The van der Waals surface area contributed by atoms with E-state index in [1.165, 1.54) is 11.1 Å². The quantitative estimate of drug-likeness (QED) is 0.680. The monoisotopic (exact) mass is 338 g/mol. The molecule has 0 saturated heterocycles. The molecule has 0 spiro atoms. The SMILES string of the molecule is COc1ccc(CN(Cc2ccccc2)Cc2noc(CN)n2)cc1. The fourth-order valence-electron chi connectivity index (χ4n) is 2.64. The molecule has 0 aliphatic rings. The first kappa shape index (κ1) is 17.1. The van der Waals surface area contributed by atoms with E-state index in [0.29, 0.717) is 18.3 Å². The van der Waals surface area contributed by atoms with Gasteiger partial charge in [0.25, 0.3) is 0 Å². The van der Waals surface area contributed by atoms with Crippen LogP contribution < -0.4 is 10.5 Å². The summed E-state index contributed by atoms with van der Waals surface area (Å²) >= 11 is 0. The average molecular weight is 338 g/mol. The van der Waals surface area contributed by atoms with Crippen LogP contribution in [0.3, 0.4) is 0 Å². The minimum absolute atomic E-state index is 0.254. The lowest BCUT2D eigenvalue weighted by molar-refractivity contribution is 0.237. The van der Waals surface area contributed by atoms with Gasteiger partial charge in [-0.25, -0.2) is 0 Å². The predicted molar refractivity (Wildman–Crippen MR) is 94.6 cm³/mol. The Hall–Kier alpha value is -2.70. The molecule has 0 saturated carbocycles. The normalized spacial score (nSPS) is 11.0. The molecule has 0 unspecified atom stereocenters. The van der Waals surface area contributed by atoms with Crippen molar-refractivity contribution in [3.8, 4) is 5.75 Å². The summed E-state index contributed by atoms with van der Waals surface area (Å²) in [5.41, 5.74) is 7.98. The van der Waals surface area contributed by atoms with Gasteiger partial charge in [0, 0.05) is 13.1 Å². The van der Waals surface area contributed by atoms with Crippen LogP contribution in [-0.2, 0) is 26.2 Å². The molecule has 3 rings (SSSR count). The standard InChI is InChI=1S/C19H22N4O2/c1-24-17-9-7-16(8-10-17)13-23(12-15-5-3-2-4-6-15)14-18-21-19(11-20)25-22-18/h2-10H,11-14,20H2,1H3. The van der Waals surface area contributed by atoms with Gasteiger partial charge in [-0.05, 0) is 23.3 Å². The Morgan fingerprint density at radius 3 is 2.24 bits per heavy atom. The van der Waals surface area contributed by atoms with Crippen molar-refractivity contribution in [2.75, 3.05) is 7.11 Å². The lowest BCUT2D eigenvalue weighted by Crippen LogP contribution is -2.23. The van der Waals surface area contributed by atoms with Crippen molar-refractivity contribution in [3.05, 3.63) is 77.4 Å². The molecule has 0 aliphatic heterocycles. The van der Waals surface area contributed by atoms with Crippen LogP contribution in [0.1, 0.15) is 22.8 Å². The Morgan fingerprint density at radius 1 is 0.960 bits per heavy atom. The Balaban J connectivity index is 1.74. The van der Waals surface area contributed by atoms with Gasteiger partial charge in [0.1, 0.15) is 5.75 Å². The summed E-state index contributed by atoms with van der Waals surface area (Å²) < 4.78 is 10.3. The molecule has 0 amide bonds. The zero-order valence-electron chi connectivity index (χ0n) is 14.3.